The monoisotopic (exact) mass is 271 g/mol. The number of halogens is 1. The van der Waals surface area contributed by atoms with Crippen LogP contribution >= 0.6 is 0 Å². The smallest absolute Gasteiger partial charge is 0.123 e. The molecule has 0 amide bonds. The van der Waals surface area contributed by atoms with E-state index in [9.17, 15) is 4.39 Å². The van der Waals surface area contributed by atoms with Crippen molar-refractivity contribution in [2.24, 2.45) is 0 Å². The second-order valence-corrected chi connectivity index (χ2v) is 5.16. The van der Waals surface area contributed by atoms with Gasteiger partial charge >= 0.3 is 0 Å². The summed E-state index contributed by atoms with van der Waals surface area (Å²) in [5.74, 6) is 0.679. The van der Waals surface area contributed by atoms with Gasteiger partial charge in [-0.2, -0.15) is 0 Å². The van der Waals surface area contributed by atoms with E-state index < -0.39 is 0 Å². The molecular formula is C17H18FNO. The number of nitrogens with one attached hydrogen (secondary N) is 1. The lowest BCUT2D eigenvalue weighted by Gasteiger charge is -2.27. The topological polar surface area (TPSA) is 21.3 Å². The summed E-state index contributed by atoms with van der Waals surface area (Å²) >= 11 is 0. The van der Waals surface area contributed by atoms with E-state index >= 15 is 0 Å². The van der Waals surface area contributed by atoms with Crippen molar-refractivity contribution in [2.75, 3.05) is 12.4 Å². The van der Waals surface area contributed by atoms with Crippen LogP contribution in [0.3, 0.4) is 0 Å². The Morgan fingerprint density at radius 3 is 2.70 bits per heavy atom. The van der Waals surface area contributed by atoms with Crippen LogP contribution in [0.25, 0.3) is 0 Å². The highest BCUT2D eigenvalue weighted by atomic mass is 19.1. The van der Waals surface area contributed by atoms with Crippen LogP contribution in [-0.2, 0) is 6.42 Å². The summed E-state index contributed by atoms with van der Waals surface area (Å²) in [7, 11) is 1.69. The van der Waals surface area contributed by atoms with E-state index in [0.29, 0.717) is 0 Å². The van der Waals surface area contributed by atoms with Gasteiger partial charge in [0.1, 0.15) is 11.6 Å². The van der Waals surface area contributed by atoms with Crippen molar-refractivity contribution in [3.63, 3.8) is 0 Å². The van der Waals surface area contributed by atoms with Crippen LogP contribution in [0.1, 0.15) is 30.0 Å². The third-order valence-electron chi connectivity index (χ3n) is 3.85. The van der Waals surface area contributed by atoms with E-state index in [1.54, 1.807) is 19.2 Å². The normalized spacial score (nSPS) is 17.4. The number of hydrogen-bond acceptors (Lipinski definition) is 2. The van der Waals surface area contributed by atoms with Crippen LogP contribution in [0, 0.1) is 5.82 Å². The molecule has 0 radical (unpaired) electrons. The van der Waals surface area contributed by atoms with Gasteiger partial charge in [-0.25, -0.2) is 4.39 Å². The minimum Gasteiger partial charge on any atom is -0.497 e. The first kappa shape index (κ1) is 13.0. The van der Waals surface area contributed by atoms with Crippen molar-refractivity contribution in [3.05, 3.63) is 59.4 Å². The molecule has 104 valence electrons. The van der Waals surface area contributed by atoms with Crippen LogP contribution in [-0.4, -0.2) is 7.11 Å². The maximum absolute atomic E-state index is 13.0. The Labute approximate surface area is 118 Å². The van der Waals surface area contributed by atoms with Crippen molar-refractivity contribution in [3.8, 4) is 5.75 Å². The fraction of sp³-hybridized carbons (Fsp3) is 0.294. The largest absolute Gasteiger partial charge is 0.497 e. The highest BCUT2D eigenvalue weighted by molar-refractivity contribution is 5.48. The molecular weight excluding hydrogens is 253 g/mol. The Morgan fingerprint density at radius 2 is 1.95 bits per heavy atom. The lowest BCUT2D eigenvalue weighted by atomic mass is 9.87. The number of aryl methyl sites for hydroxylation is 1. The van der Waals surface area contributed by atoms with Crippen molar-refractivity contribution in [1.29, 1.82) is 0 Å². The number of ether oxygens (including phenoxy) is 1. The Morgan fingerprint density at radius 1 is 1.15 bits per heavy atom. The molecule has 20 heavy (non-hydrogen) atoms. The first-order valence-electron chi connectivity index (χ1n) is 6.95. The predicted molar refractivity (Wildman–Crippen MR) is 78.7 cm³/mol. The van der Waals surface area contributed by atoms with Crippen LogP contribution in [0.15, 0.2) is 42.5 Å². The van der Waals surface area contributed by atoms with Gasteiger partial charge in [-0.05, 0) is 66.8 Å². The second kappa shape index (κ2) is 5.53. The van der Waals surface area contributed by atoms with E-state index in [1.165, 1.54) is 23.3 Å². The third-order valence-corrected chi connectivity index (χ3v) is 3.85. The fourth-order valence-electron chi connectivity index (χ4n) is 2.80. The molecule has 1 N–H and O–H groups in total. The molecule has 2 aromatic rings. The number of fused-ring (bicyclic) bond motifs is 1. The van der Waals surface area contributed by atoms with Gasteiger partial charge in [-0.1, -0.05) is 6.07 Å². The third kappa shape index (κ3) is 2.62. The summed E-state index contributed by atoms with van der Waals surface area (Å²) in [6.07, 6.45) is 3.36. The van der Waals surface area contributed by atoms with E-state index in [1.807, 2.05) is 6.07 Å². The minimum absolute atomic E-state index is 0.207. The Balaban J connectivity index is 1.87. The second-order valence-electron chi connectivity index (χ2n) is 5.16. The van der Waals surface area contributed by atoms with Crippen LogP contribution < -0.4 is 10.1 Å². The number of benzene rings is 2. The Hall–Kier alpha value is -2.03. The molecule has 0 aliphatic heterocycles. The molecule has 3 rings (SSSR count). The average Bonchev–Trinajstić information content (AvgIpc) is 2.49. The molecule has 1 atom stereocenters. The zero-order chi connectivity index (χ0) is 13.9. The molecule has 0 aromatic heterocycles. The van der Waals surface area contributed by atoms with E-state index in [0.717, 1.165) is 30.7 Å². The first-order chi connectivity index (χ1) is 9.76. The quantitative estimate of drug-likeness (QED) is 0.897. The highest BCUT2D eigenvalue weighted by Crippen LogP contribution is 2.34. The van der Waals surface area contributed by atoms with Gasteiger partial charge in [0.05, 0.1) is 13.2 Å². The van der Waals surface area contributed by atoms with Gasteiger partial charge in [0.15, 0.2) is 0 Å². The van der Waals surface area contributed by atoms with Gasteiger partial charge in [-0.3, -0.25) is 0 Å². The van der Waals surface area contributed by atoms with Crippen molar-refractivity contribution >= 4 is 5.69 Å². The summed E-state index contributed by atoms with van der Waals surface area (Å²) in [5, 5.41) is 3.49. The zero-order valence-electron chi connectivity index (χ0n) is 11.5. The first-order valence-corrected chi connectivity index (χ1v) is 6.95. The van der Waals surface area contributed by atoms with E-state index in [2.05, 4.69) is 17.4 Å². The number of rotatable bonds is 3. The van der Waals surface area contributed by atoms with Crippen molar-refractivity contribution < 1.29 is 9.13 Å². The average molecular weight is 271 g/mol. The summed E-state index contributed by atoms with van der Waals surface area (Å²) in [6, 6.07) is 13.1. The predicted octanol–water partition coefficient (Wildman–Crippen LogP) is 4.32. The molecule has 1 unspecified atom stereocenters. The maximum atomic E-state index is 13.0. The molecule has 0 saturated heterocycles. The van der Waals surface area contributed by atoms with Crippen molar-refractivity contribution in [2.45, 2.75) is 25.3 Å². The zero-order valence-corrected chi connectivity index (χ0v) is 11.5. The standard InChI is InChI=1S/C17H18FNO/c1-20-15-10-5-12-3-2-4-17(16(12)11-15)19-14-8-6-13(18)7-9-14/h5-11,17,19H,2-4H2,1H3. The molecule has 0 fully saturated rings. The van der Waals surface area contributed by atoms with Gasteiger partial charge in [0, 0.05) is 5.69 Å². The summed E-state index contributed by atoms with van der Waals surface area (Å²) in [4.78, 5) is 0. The molecule has 2 aromatic carbocycles. The summed E-state index contributed by atoms with van der Waals surface area (Å²) in [5.41, 5.74) is 3.61. The van der Waals surface area contributed by atoms with Crippen LogP contribution in [0.4, 0.5) is 10.1 Å². The number of hydrogen-bond donors (Lipinski definition) is 1. The maximum Gasteiger partial charge on any atom is 0.123 e. The molecule has 0 spiro atoms. The van der Waals surface area contributed by atoms with Gasteiger partial charge in [0.2, 0.25) is 0 Å². The molecule has 0 saturated carbocycles. The van der Waals surface area contributed by atoms with E-state index in [-0.39, 0.29) is 11.9 Å². The number of methoxy groups -OCH3 is 1. The van der Waals surface area contributed by atoms with E-state index in [4.69, 9.17) is 4.74 Å². The lowest BCUT2D eigenvalue weighted by molar-refractivity contribution is 0.413. The highest BCUT2D eigenvalue weighted by Gasteiger charge is 2.20. The van der Waals surface area contributed by atoms with Crippen molar-refractivity contribution in [1.82, 2.24) is 0 Å². The summed E-state index contributed by atoms with van der Waals surface area (Å²) in [6.45, 7) is 0. The van der Waals surface area contributed by atoms with Gasteiger partial charge < -0.3 is 10.1 Å². The van der Waals surface area contributed by atoms with Crippen LogP contribution in [0.2, 0.25) is 0 Å². The molecule has 3 heteroatoms. The number of anilines is 1. The van der Waals surface area contributed by atoms with Gasteiger partial charge in [-0.15, -0.1) is 0 Å². The molecule has 1 aliphatic carbocycles. The molecule has 2 nitrogen and oxygen atoms in total. The van der Waals surface area contributed by atoms with Crippen LogP contribution in [0.5, 0.6) is 5.75 Å². The fourth-order valence-corrected chi connectivity index (χ4v) is 2.80. The molecule has 0 bridgehead atoms. The van der Waals surface area contributed by atoms with Gasteiger partial charge in [0.25, 0.3) is 0 Å². The Kier molecular flexibility index (Phi) is 3.59. The summed E-state index contributed by atoms with van der Waals surface area (Å²) < 4.78 is 18.3. The minimum atomic E-state index is -0.207. The Bertz CT molecular complexity index is 594. The SMILES string of the molecule is COc1ccc2c(c1)C(Nc1ccc(F)cc1)CCC2. The molecule has 1 aliphatic rings. The lowest BCUT2D eigenvalue weighted by Crippen LogP contribution is -2.17. The molecule has 0 heterocycles.